The number of unbranched alkanes of at least 4 members (excludes halogenated alkanes) is 1. The van der Waals surface area contributed by atoms with Crippen LogP contribution in [0.3, 0.4) is 0 Å². The van der Waals surface area contributed by atoms with E-state index >= 15 is 0 Å². The van der Waals surface area contributed by atoms with E-state index in [0.29, 0.717) is 31.5 Å². The van der Waals surface area contributed by atoms with Crippen LogP contribution in [0, 0.1) is 17.3 Å². The highest BCUT2D eigenvalue weighted by Gasteiger charge is 2.46. The molecule has 33 heavy (non-hydrogen) atoms. The number of aliphatic carboxylic acids is 1. The first-order valence-corrected chi connectivity index (χ1v) is 13.1. The number of allylic oxidation sites excluding steroid dienone is 2. The Morgan fingerprint density at radius 2 is 2.03 bits per heavy atom. The molecule has 1 heterocycles. The van der Waals surface area contributed by atoms with Crippen molar-refractivity contribution in [3.8, 4) is 0 Å². The lowest BCUT2D eigenvalue weighted by Gasteiger charge is -2.19. The number of rotatable bonds is 12. The van der Waals surface area contributed by atoms with Crippen molar-refractivity contribution in [2.24, 2.45) is 17.3 Å². The molecule has 3 rings (SSSR count). The summed E-state index contributed by atoms with van der Waals surface area (Å²) in [5.41, 5.74) is -0.317. The first kappa shape index (κ1) is 25.9. The third kappa shape index (κ3) is 6.91. The van der Waals surface area contributed by atoms with Gasteiger partial charge in [-0.05, 0) is 63.4 Å². The van der Waals surface area contributed by atoms with Crippen LogP contribution in [0.1, 0.15) is 70.1 Å². The van der Waals surface area contributed by atoms with E-state index < -0.39 is 12.1 Å². The van der Waals surface area contributed by atoms with Gasteiger partial charge in [0.05, 0.1) is 11.1 Å². The smallest absolute Gasteiger partial charge is 0.303 e. The molecular weight excluding hydrogens is 456 g/mol. The monoisotopic (exact) mass is 490 g/mol. The summed E-state index contributed by atoms with van der Waals surface area (Å²) >= 11 is 8.24. The van der Waals surface area contributed by atoms with Gasteiger partial charge in [0, 0.05) is 32.7 Å². The summed E-state index contributed by atoms with van der Waals surface area (Å²) in [4.78, 5) is 24.7. The van der Waals surface area contributed by atoms with Crippen LogP contribution >= 0.6 is 22.9 Å². The number of fused-ring (bicyclic) bond motifs is 1. The van der Waals surface area contributed by atoms with E-state index in [-0.39, 0.29) is 23.7 Å². The van der Waals surface area contributed by atoms with Crippen molar-refractivity contribution in [2.75, 3.05) is 0 Å². The van der Waals surface area contributed by atoms with Crippen LogP contribution < -0.4 is 0 Å². The second-order valence-electron chi connectivity index (χ2n) is 9.92. The maximum absolute atomic E-state index is 12.9. The van der Waals surface area contributed by atoms with Gasteiger partial charge in [-0.25, -0.2) is 0 Å². The Hall–Kier alpha value is -1.69. The van der Waals surface area contributed by atoms with Crippen LogP contribution in [0.5, 0.6) is 0 Å². The number of ketones is 1. The first-order chi connectivity index (χ1) is 15.7. The molecule has 180 valence electrons. The van der Waals surface area contributed by atoms with Gasteiger partial charge < -0.3 is 10.2 Å². The number of carboxylic acid groups (broad SMARTS) is 1. The molecule has 0 radical (unpaired) electrons. The molecule has 6 heteroatoms. The fourth-order valence-electron chi connectivity index (χ4n) is 5.02. The molecular formula is C27H35ClO4S. The van der Waals surface area contributed by atoms with E-state index in [4.69, 9.17) is 16.7 Å². The predicted octanol–water partition coefficient (Wildman–Crippen LogP) is 7.06. The zero-order valence-corrected chi connectivity index (χ0v) is 21.1. The Labute approximate surface area is 205 Å². The van der Waals surface area contributed by atoms with Gasteiger partial charge in [-0.2, -0.15) is 0 Å². The van der Waals surface area contributed by atoms with E-state index in [9.17, 15) is 14.7 Å². The molecule has 0 amide bonds. The van der Waals surface area contributed by atoms with Crippen molar-refractivity contribution in [3.63, 3.8) is 0 Å². The number of hydrogen-bond donors (Lipinski definition) is 2. The molecule has 3 atom stereocenters. The lowest BCUT2D eigenvalue weighted by molar-refractivity contribution is -0.137. The second kappa shape index (κ2) is 11.6. The Morgan fingerprint density at radius 1 is 1.27 bits per heavy atom. The molecule has 1 fully saturated rings. The molecule has 1 saturated carbocycles. The number of thiophene rings is 1. The van der Waals surface area contributed by atoms with Gasteiger partial charge in [0.1, 0.15) is 5.78 Å². The van der Waals surface area contributed by atoms with Crippen molar-refractivity contribution in [1.82, 2.24) is 0 Å². The molecule has 0 bridgehead atoms. The molecule has 2 aromatic rings. The summed E-state index contributed by atoms with van der Waals surface area (Å²) in [5.74, 6) is -0.197. The largest absolute Gasteiger partial charge is 0.481 e. The van der Waals surface area contributed by atoms with Crippen LogP contribution in [-0.2, 0) is 16.0 Å². The molecule has 0 unspecified atom stereocenters. The number of carboxylic acids is 1. The Morgan fingerprint density at radius 3 is 2.76 bits per heavy atom. The topological polar surface area (TPSA) is 74.6 Å². The quantitative estimate of drug-likeness (QED) is 0.246. The van der Waals surface area contributed by atoms with E-state index in [1.807, 2.05) is 44.2 Å². The van der Waals surface area contributed by atoms with Crippen molar-refractivity contribution in [1.29, 1.82) is 0 Å². The van der Waals surface area contributed by atoms with Gasteiger partial charge in [-0.3, -0.25) is 9.59 Å². The minimum Gasteiger partial charge on any atom is -0.481 e. The Kier molecular flexibility index (Phi) is 9.14. The number of benzene rings is 1. The van der Waals surface area contributed by atoms with E-state index in [1.165, 1.54) is 4.70 Å². The second-order valence-corrected chi connectivity index (χ2v) is 11.4. The third-order valence-corrected chi connectivity index (χ3v) is 8.61. The molecule has 4 nitrogen and oxygen atoms in total. The summed E-state index contributed by atoms with van der Waals surface area (Å²) < 4.78 is 1.18. The normalized spacial score (nSPS) is 21.3. The lowest BCUT2D eigenvalue weighted by atomic mass is 9.87. The molecule has 0 spiro atoms. The Balaban J connectivity index is 1.49. The zero-order valence-electron chi connectivity index (χ0n) is 19.6. The van der Waals surface area contributed by atoms with Crippen LogP contribution in [0.25, 0.3) is 10.1 Å². The van der Waals surface area contributed by atoms with Crippen molar-refractivity contribution in [2.45, 2.75) is 77.7 Å². The highest BCUT2D eigenvalue weighted by atomic mass is 35.5. The SMILES string of the molecule is CC1(C)C[C@H](CC[C@H](O)CCc2sc3ccccc3c2Cl)[C@@H](C/C=C\CCCC(=O)O)C1=O. The maximum Gasteiger partial charge on any atom is 0.303 e. The number of aryl methyl sites for hydroxylation is 1. The molecule has 0 aliphatic heterocycles. The fourth-order valence-corrected chi connectivity index (χ4v) is 6.57. The highest BCUT2D eigenvalue weighted by molar-refractivity contribution is 7.19. The number of carbonyl (C=O) groups is 2. The summed E-state index contributed by atoms with van der Waals surface area (Å²) in [7, 11) is 0. The van der Waals surface area contributed by atoms with Crippen molar-refractivity contribution in [3.05, 3.63) is 46.3 Å². The number of aliphatic hydroxyl groups excluding tert-OH is 1. The number of aliphatic hydroxyl groups is 1. The first-order valence-electron chi connectivity index (χ1n) is 11.9. The minimum atomic E-state index is -0.774. The van der Waals surface area contributed by atoms with Gasteiger partial charge in [-0.15, -0.1) is 11.3 Å². The molecule has 2 N–H and O–H groups in total. The molecule has 1 aliphatic carbocycles. The van der Waals surface area contributed by atoms with Crippen molar-refractivity contribution < 1.29 is 19.8 Å². The lowest BCUT2D eigenvalue weighted by Crippen LogP contribution is -2.22. The van der Waals surface area contributed by atoms with Gasteiger partial charge in [0.2, 0.25) is 0 Å². The van der Waals surface area contributed by atoms with E-state index in [1.54, 1.807) is 11.3 Å². The number of halogens is 1. The van der Waals surface area contributed by atoms with Crippen molar-refractivity contribution >= 4 is 44.8 Å². The van der Waals surface area contributed by atoms with Gasteiger partial charge in [0.25, 0.3) is 0 Å². The van der Waals surface area contributed by atoms with Crippen LogP contribution in [0.4, 0.5) is 0 Å². The highest BCUT2D eigenvalue weighted by Crippen LogP contribution is 2.46. The Bertz CT molecular complexity index is 993. The maximum atomic E-state index is 12.9. The predicted molar refractivity (Wildman–Crippen MR) is 136 cm³/mol. The summed E-state index contributed by atoms with van der Waals surface area (Å²) in [6.45, 7) is 4.05. The average Bonchev–Trinajstić information content (AvgIpc) is 3.20. The fraction of sp³-hybridized carbons (Fsp3) is 0.556. The zero-order chi connectivity index (χ0) is 24.0. The number of carbonyl (C=O) groups excluding carboxylic acids is 1. The van der Waals surface area contributed by atoms with Crippen LogP contribution in [-0.4, -0.2) is 28.1 Å². The third-order valence-electron chi connectivity index (χ3n) is 6.84. The molecule has 1 aliphatic rings. The molecule has 1 aromatic heterocycles. The summed E-state index contributed by atoms with van der Waals surface area (Å²) in [5, 5.41) is 21.3. The number of Topliss-reactive ketones (excluding diaryl/α,β-unsaturated/α-hetero) is 1. The minimum absolute atomic E-state index is 0.0139. The standard InChI is InChI=1S/C27H35ClO4S/c1-27(2)17-18(20(26(27)32)9-5-3-4-6-12-24(30)31)13-14-19(29)15-16-23-25(28)21-10-7-8-11-22(21)33-23/h3,5,7-8,10-11,18-20,29H,4,6,9,12-17H2,1-2H3,(H,30,31)/b5-3-/t18-,19-,20+/m0/s1. The number of hydrogen-bond acceptors (Lipinski definition) is 4. The average molecular weight is 491 g/mol. The van der Waals surface area contributed by atoms with E-state index in [0.717, 1.165) is 41.0 Å². The van der Waals surface area contributed by atoms with Gasteiger partial charge >= 0.3 is 5.97 Å². The molecule has 0 saturated heterocycles. The van der Waals surface area contributed by atoms with Gasteiger partial charge in [0.15, 0.2) is 0 Å². The van der Waals surface area contributed by atoms with Crippen LogP contribution in [0.2, 0.25) is 5.02 Å². The van der Waals surface area contributed by atoms with Crippen LogP contribution in [0.15, 0.2) is 36.4 Å². The summed E-state index contributed by atoms with van der Waals surface area (Å²) in [6, 6.07) is 8.12. The summed E-state index contributed by atoms with van der Waals surface area (Å²) in [6.07, 6.45) is 9.68. The van der Waals surface area contributed by atoms with E-state index in [2.05, 4.69) is 6.07 Å². The molecule has 1 aromatic carbocycles. The van der Waals surface area contributed by atoms with Gasteiger partial charge in [-0.1, -0.05) is 55.8 Å².